The zero-order valence-corrected chi connectivity index (χ0v) is 22.8. The third-order valence-electron chi connectivity index (χ3n) is 8.02. The lowest BCUT2D eigenvalue weighted by Gasteiger charge is -2.35. The predicted molar refractivity (Wildman–Crippen MR) is 154 cm³/mol. The summed E-state index contributed by atoms with van der Waals surface area (Å²) in [4.78, 5) is 25.1. The molecule has 5 aromatic rings. The molecule has 13 nitrogen and oxygen atoms in total. The Kier molecular flexibility index (Phi) is 5.82. The average molecular weight is 569 g/mol. The summed E-state index contributed by atoms with van der Waals surface area (Å²) in [5, 5.41) is 35.8. The molecule has 0 spiro atoms. The molecule has 2 aliphatic rings. The number of rotatable bonds is 6. The van der Waals surface area contributed by atoms with Gasteiger partial charge in [0.1, 0.15) is 23.3 Å². The molecule has 42 heavy (non-hydrogen) atoms. The fourth-order valence-corrected chi connectivity index (χ4v) is 5.99. The molecule has 2 fully saturated rings. The minimum atomic E-state index is -1.37. The predicted octanol–water partition coefficient (Wildman–Crippen LogP) is 4.09. The number of imidazole rings is 1. The number of nitrogens with one attached hydrogen (secondary N) is 1. The first kappa shape index (κ1) is 25.5. The third-order valence-corrected chi connectivity index (χ3v) is 8.02. The van der Waals surface area contributed by atoms with E-state index in [1.165, 1.54) is 11.2 Å². The maximum absolute atomic E-state index is 12.5. The van der Waals surface area contributed by atoms with Gasteiger partial charge in [-0.3, -0.25) is 4.79 Å². The lowest BCUT2D eigenvalue weighted by molar-refractivity contribution is -0.131. The van der Waals surface area contributed by atoms with Crippen molar-refractivity contribution in [3.63, 3.8) is 0 Å². The monoisotopic (exact) mass is 568 g/mol. The Morgan fingerprint density at radius 3 is 2.67 bits per heavy atom. The highest BCUT2D eigenvalue weighted by Gasteiger charge is 2.47. The highest BCUT2D eigenvalue weighted by Crippen LogP contribution is 2.39. The van der Waals surface area contributed by atoms with Crippen molar-refractivity contribution < 1.29 is 24.9 Å². The summed E-state index contributed by atoms with van der Waals surface area (Å²) in [7, 11) is 1.96. The number of fused-ring (bicyclic) bond motifs is 4. The molecule has 4 N–H and O–H groups in total. The van der Waals surface area contributed by atoms with E-state index in [1.807, 2.05) is 67.2 Å². The first-order chi connectivity index (χ1) is 20.3. The summed E-state index contributed by atoms with van der Waals surface area (Å²) in [6.45, 7) is 2.86. The summed E-state index contributed by atoms with van der Waals surface area (Å²) in [5.41, 5.74) is 5.38. The van der Waals surface area contributed by atoms with E-state index in [2.05, 4.69) is 25.3 Å². The number of aliphatic hydroxyl groups excluding tert-OH is 2. The first-order valence-electron chi connectivity index (χ1n) is 13.4. The van der Waals surface area contributed by atoms with E-state index in [0.29, 0.717) is 31.1 Å². The van der Waals surface area contributed by atoms with Gasteiger partial charge in [0.05, 0.1) is 29.1 Å². The normalized spacial score (nSPS) is 17.8. The molecule has 2 aliphatic heterocycles. The van der Waals surface area contributed by atoms with Crippen molar-refractivity contribution in [1.82, 2.24) is 29.0 Å². The van der Waals surface area contributed by atoms with Crippen molar-refractivity contribution in [1.29, 1.82) is 0 Å². The van der Waals surface area contributed by atoms with Crippen molar-refractivity contribution in [2.45, 2.75) is 25.4 Å². The van der Waals surface area contributed by atoms with Crippen molar-refractivity contribution in [3.05, 3.63) is 78.6 Å². The molecule has 3 aromatic heterocycles. The van der Waals surface area contributed by atoms with Crippen LogP contribution in [0, 0.1) is 6.92 Å². The zero-order chi connectivity index (χ0) is 29.1. The second-order valence-electron chi connectivity index (χ2n) is 10.6. The fourth-order valence-electron chi connectivity index (χ4n) is 5.99. The summed E-state index contributed by atoms with van der Waals surface area (Å²) in [6.07, 6.45) is 5.84. The number of ether oxygens (including phenoxy) is 1. The topological polar surface area (TPSA) is 154 Å². The summed E-state index contributed by atoms with van der Waals surface area (Å²) < 4.78 is 9.89. The Bertz CT molecular complexity index is 1890. The van der Waals surface area contributed by atoms with Crippen LogP contribution < -0.4 is 15.0 Å². The molecule has 13 heteroatoms. The van der Waals surface area contributed by atoms with Gasteiger partial charge in [0.25, 0.3) is 11.7 Å². The minimum absolute atomic E-state index is 0.00387. The molecule has 7 rings (SSSR count). The molecule has 2 atom stereocenters. The van der Waals surface area contributed by atoms with Crippen LogP contribution in [0.1, 0.15) is 12.0 Å². The standard InChI is InChI=1S/C29H28N8O5/c1-16-9-17(3-6-24(16)42-20-4-5-22-21(11-20)31-15-34(22)2)33-27-25-23(7-8-37(25)32-14-30-27)35-12-19-10-18(35)13-36(19)28(39)26(38)29(40)41/h3-9,11,14-15,18-19,38,40-41H,10,12-13H2,1-2H3,(H,30,32,33). The minimum Gasteiger partial charge on any atom is -0.498 e. The number of nitrogens with zero attached hydrogens (tertiary/aromatic N) is 7. The molecule has 0 radical (unpaired) electrons. The number of amides is 1. The van der Waals surface area contributed by atoms with Gasteiger partial charge in [0, 0.05) is 44.1 Å². The molecule has 214 valence electrons. The van der Waals surface area contributed by atoms with Crippen LogP contribution in [0.25, 0.3) is 16.6 Å². The summed E-state index contributed by atoms with van der Waals surface area (Å²) in [6, 6.07) is 13.5. The maximum Gasteiger partial charge on any atom is 0.324 e. The smallest absolute Gasteiger partial charge is 0.324 e. The Labute approximate surface area is 239 Å². The van der Waals surface area contributed by atoms with Gasteiger partial charge in [-0.1, -0.05) is 0 Å². The number of aliphatic hydroxyl groups is 3. The number of piperazine rings is 1. The molecule has 5 heterocycles. The largest absolute Gasteiger partial charge is 0.498 e. The van der Waals surface area contributed by atoms with Crippen LogP contribution >= 0.6 is 0 Å². The number of carbonyl (C=O) groups is 1. The van der Waals surface area contributed by atoms with Gasteiger partial charge in [0.2, 0.25) is 0 Å². The van der Waals surface area contributed by atoms with Crippen LogP contribution in [-0.2, 0) is 11.8 Å². The number of carbonyl (C=O) groups excluding carboxylic acids is 1. The van der Waals surface area contributed by atoms with E-state index in [0.717, 1.165) is 39.2 Å². The van der Waals surface area contributed by atoms with Crippen LogP contribution in [0.5, 0.6) is 11.5 Å². The van der Waals surface area contributed by atoms with Gasteiger partial charge in [-0.25, -0.2) is 14.5 Å². The third kappa shape index (κ3) is 4.17. The average Bonchev–Trinajstić information content (AvgIpc) is 3.77. The number of aromatic nitrogens is 5. The molecule has 2 bridgehead atoms. The highest BCUT2D eigenvalue weighted by atomic mass is 16.5. The van der Waals surface area contributed by atoms with Crippen molar-refractivity contribution >= 4 is 39.6 Å². The number of anilines is 3. The molecule has 2 aromatic carbocycles. The molecule has 2 unspecified atom stereocenters. The van der Waals surface area contributed by atoms with E-state index in [1.54, 1.807) is 10.8 Å². The van der Waals surface area contributed by atoms with Gasteiger partial charge >= 0.3 is 5.95 Å². The second-order valence-corrected chi connectivity index (χ2v) is 10.6. The number of benzene rings is 2. The van der Waals surface area contributed by atoms with Gasteiger partial charge in [0.15, 0.2) is 5.82 Å². The molecular formula is C29H28N8O5. The van der Waals surface area contributed by atoms with Crippen LogP contribution in [0.2, 0.25) is 0 Å². The Balaban J connectivity index is 1.11. The molecular weight excluding hydrogens is 540 g/mol. The second kappa shape index (κ2) is 9.58. The maximum atomic E-state index is 12.5. The van der Waals surface area contributed by atoms with Crippen LogP contribution in [0.15, 0.2) is 73.0 Å². The number of likely N-dealkylation sites (tertiary alicyclic amines) is 1. The van der Waals surface area contributed by atoms with Crippen molar-refractivity contribution in [2.24, 2.45) is 7.05 Å². The fraction of sp³-hybridized carbons (Fsp3) is 0.241. The first-order valence-corrected chi connectivity index (χ1v) is 13.4. The number of hydrogen-bond donors (Lipinski definition) is 4. The van der Waals surface area contributed by atoms with Gasteiger partial charge in [-0.15, -0.1) is 0 Å². The Morgan fingerprint density at radius 2 is 1.90 bits per heavy atom. The molecule has 0 saturated carbocycles. The van der Waals surface area contributed by atoms with Crippen LogP contribution in [0.3, 0.4) is 0 Å². The van der Waals surface area contributed by atoms with Crippen LogP contribution in [0.4, 0.5) is 17.2 Å². The zero-order valence-electron chi connectivity index (χ0n) is 22.8. The SMILES string of the molecule is Cc1cc(Nc2ncnn3ccc(N4CC5CC4CN5C(=O)C(O)=C(O)O)c23)ccc1Oc1ccc2c(c1)ncn2C. The summed E-state index contributed by atoms with van der Waals surface area (Å²) in [5.74, 6) is -1.12. The quantitative estimate of drug-likeness (QED) is 0.174. The lowest BCUT2D eigenvalue weighted by Crippen LogP contribution is -2.49. The van der Waals surface area contributed by atoms with Crippen molar-refractivity contribution in [2.75, 3.05) is 23.3 Å². The molecule has 1 amide bonds. The van der Waals surface area contributed by atoms with Gasteiger partial charge < -0.3 is 39.7 Å². The molecule has 0 aliphatic carbocycles. The van der Waals surface area contributed by atoms with Gasteiger partial charge in [-0.2, -0.15) is 5.10 Å². The molecule has 2 saturated heterocycles. The van der Waals surface area contributed by atoms with Gasteiger partial charge in [-0.05, 0) is 55.3 Å². The van der Waals surface area contributed by atoms with Crippen LogP contribution in [-0.4, -0.2) is 75.4 Å². The number of aryl methyl sites for hydroxylation is 2. The van der Waals surface area contributed by atoms with E-state index in [9.17, 15) is 9.90 Å². The summed E-state index contributed by atoms with van der Waals surface area (Å²) >= 11 is 0. The highest BCUT2D eigenvalue weighted by molar-refractivity contribution is 5.92. The van der Waals surface area contributed by atoms with E-state index >= 15 is 0 Å². The van der Waals surface area contributed by atoms with E-state index < -0.39 is 17.6 Å². The Morgan fingerprint density at radius 1 is 1.05 bits per heavy atom. The van der Waals surface area contributed by atoms with Crippen molar-refractivity contribution in [3.8, 4) is 11.5 Å². The Hall–Kier alpha value is -5.46. The number of hydrogen-bond acceptors (Lipinski definition) is 10. The van der Waals surface area contributed by atoms with E-state index in [-0.39, 0.29) is 12.1 Å². The lowest BCUT2D eigenvalue weighted by atomic mass is 10.2. The van der Waals surface area contributed by atoms with E-state index in [4.69, 9.17) is 14.9 Å².